The Morgan fingerprint density at radius 1 is 0.951 bits per heavy atom. The van der Waals surface area contributed by atoms with Gasteiger partial charge in [-0.05, 0) is 74.7 Å². The summed E-state index contributed by atoms with van der Waals surface area (Å²) in [6.45, 7) is 7.02. The number of amides is 2. The van der Waals surface area contributed by atoms with Gasteiger partial charge >= 0.3 is 0 Å². The molecule has 0 fully saturated rings. The van der Waals surface area contributed by atoms with Crippen LogP contribution in [0.4, 0.5) is 5.69 Å². The highest BCUT2D eigenvalue weighted by Crippen LogP contribution is 2.28. The molecule has 0 saturated heterocycles. The lowest BCUT2D eigenvalue weighted by Gasteiger charge is -2.33. The van der Waals surface area contributed by atoms with Crippen molar-refractivity contribution in [2.24, 2.45) is 0 Å². The smallest absolute Gasteiger partial charge is 0.264 e. The first-order valence-electron chi connectivity index (χ1n) is 13.3. The molecule has 0 unspecified atom stereocenters. The molecule has 0 radical (unpaired) electrons. The van der Waals surface area contributed by atoms with Gasteiger partial charge in [0, 0.05) is 17.1 Å². The number of anilines is 1. The highest BCUT2D eigenvalue weighted by atomic mass is 79.9. The number of benzene rings is 3. The summed E-state index contributed by atoms with van der Waals surface area (Å²) in [6.07, 6.45) is 1.03. The Morgan fingerprint density at radius 3 is 2.22 bits per heavy atom. The van der Waals surface area contributed by atoms with E-state index in [1.165, 1.54) is 17.0 Å². The quantitative estimate of drug-likeness (QED) is 0.223. The fourth-order valence-corrected chi connectivity index (χ4v) is 6.31. The maximum atomic E-state index is 14.1. The highest BCUT2D eigenvalue weighted by Gasteiger charge is 2.34. The first-order valence-corrected chi connectivity index (χ1v) is 16.2. The zero-order valence-corrected chi connectivity index (χ0v) is 27.3. The lowest BCUT2D eigenvalue weighted by molar-refractivity contribution is -0.140. The number of nitrogens with zero attached hydrogens (tertiary/aromatic N) is 2. The summed E-state index contributed by atoms with van der Waals surface area (Å²) in [5.41, 5.74) is 1.86. The van der Waals surface area contributed by atoms with Crippen molar-refractivity contribution in [1.29, 1.82) is 0 Å². The topological polar surface area (TPSA) is 86.8 Å². The molecule has 220 valence electrons. The number of carbonyl (C=O) groups is 2. The lowest BCUT2D eigenvalue weighted by Crippen LogP contribution is -2.53. The van der Waals surface area contributed by atoms with Gasteiger partial charge in [-0.2, -0.15) is 0 Å². The molecule has 0 bridgehead atoms. The van der Waals surface area contributed by atoms with Crippen molar-refractivity contribution in [3.8, 4) is 0 Å². The zero-order valence-electron chi connectivity index (χ0n) is 23.4. The molecule has 7 nitrogen and oxygen atoms in total. The molecule has 2 amide bonds. The fourth-order valence-electron chi connectivity index (χ4n) is 4.19. The fraction of sp³-hybridized carbons (Fsp3) is 0.333. The van der Waals surface area contributed by atoms with Crippen LogP contribution in [0.1, 0.15) is 44.7 Å². The summed E-state index contributed by atoms with van der Waals surface area (Å²) in [7, 11) is -4.15. The Balaban J connectivity index is 2.08. The molecule has 0 heterocycles. The van der Waals surface area contributed by atoms with E-state index in [0.29, 0.717) is 38.6 Å². The Labute approximate surface area is 261 Å². The van der Waals surface area contributed by atoms with Gasteiger partial charge in [-0.3, -0.25) is 13.9 Å². The van der Waals surface area contributed by atoms with Gasteiger partial charge in [-0.1, -0.05) is 82.8 Å². The van der Waals surface area contributed by atoms with Crippen molar-refractivity contribution in [2.45, 2.75) is 64.1 Å². The second-order valence-corrected chi connectivity index (χ2v) is 13.4. The molecule has 0 aliphatic rings. The monoisotopic (exact) mass is 681 g/mol. The minimum absolute atomic E-state index is 0.0268. The van der Waals surface area contributed by atoms with Crippen LogP contribution in [0, 0.1) is 6.92 Å². The van der Waals surface area contributed by atoms with Gasteiger partial charge in [0.05, 0.1) is 20.6 Å². The molecule has 3 aromatic rings. The van der Waals surface area contributed by atoms with E-state index in [0.717, 1.165) is 9.87 Å². The number of rotatable bonds is 12. The molecule has 0 spiro atoms. The van der Waals surface area contributed by atoms with Gasteiger partial charge in [-0.15, -0.1) is 0 Å². The second kappa shape index (κ2) is 14.5. The maximum absolute atomic E-state index is 14.1. The number of sulfonamides is 1. The molecule has 2 atom stereocenters. The molecule has 0 aromatic heterocycles. The standard InChI is InChI=1S/C30H34BrCl2N3O4S/c1-5-21(4)34-30(38)28(6-2)35(18-22-12-15-26(32)27(33)16-22)29(37)19-36(24-9-7-8-23(31)17-24)41(39,40)25-13-10-20(3)11-14-25/h7-17,21,28H,5-6,18-19H2,1-4H3,(H,34,38)/t21-,28+/m0/s1. The van der Waals surface area contributed by atoms with Gasteiger partial charge in [-0.25, -0.2) is 8.42 Å². The van der Waals surface area contributed by atoms with E-state index in [-0.39, 0.29) is 23.4 Å². The summed E-state index contributed by atoms with van der Waals surface area (Å²) >= 11 is 15.8. The lowest BCUT2D eigenvalue weighted by atomic mass is 10.1. The number of halogens is 3. The predicted molar refractivity (Wildman–Crippen MR) is 169 cm³/mol. The third-order valence-electron chi connectivity index (χ3n) is 6.71. The van der Waals surface area contributed by atoms with Crippen molar-refractivity contribution in [3.05, 3.63) is 92.4 Å². The average molecular weight is 683 g/mol. The van der Waals surface area contributed by atoms with Gasteiger partial charge in [0.15, 0.2) is 0 Å². The minimum atomic E-state index is -4.15. The molecule has 41 heavy (non-hydrogen) atoms. The van der Waals surface area contributed by atoms with Crippen LogP contribution >= 0.6 is 39.1 Å². The van der Waals surface area contributed by atoms with E-state index in [9.17, 15) is 18.0 Å². The van der Waals surface area contributed by atoms with E-state index in [1.807, 2.05) is 27.7 Å². The van der Waals surface area contributed by atoms with E-state index in [4.69, 9.17) is 23.2 Å². The SMILES string of the molecule is CC[C@H](C(=O)N[C@@H](C)CC)N(Cc1ccc(Cl)c(Cl)c1)C(=O)CN(c1cccc(Br)c1)S(=O)(=O)c1ccc(C)cc1. The van der Waals surface area contributed by atoms with E-state index < -0.39 is 28.5 Å². The van der Waals surface area contributed by atoms with Crippen molar-refractivity contribution in [3.63, 3.8) is 0 Å². The number of aryl methyl sites for hydroxylation is 1. The molecule has 0 aliphatic heterocycles. The predicted octanol–water partition coefficient (Wildman–Crippen LogP) is 6.98. The van der Waals surface area contributed by atoms with E-state index >= 15 is 0 Å². The molecule has 3 rings (SSSR count). The molecule has 3 aromatic carbocycles. The van der Waals surface area contributed by atoms with Crippen LogP contribution in [-0.2, 0) is 26.2 Å². The van der Waals surface area contributed by atoms with Crippen LogP contribution in [0.5, 0.6) is 0 Å². The van der Waals surface area contributed by atoms with Crippen molar-refractivity contribution < 1.29 is 18.0 Å². The summed E-state index contributed by atoms with van der Waals surface area (Å²) in [4.78, 5) is 28.9. The average Bonchev–Trinajstić information content (AvgIpc) is 2.93. The molecule has 1 N–H and O–H groups in total. The van der Waals surface area contributed by atoms with Gasteiger partial charge < -0.3 is 10.2 Å². The van der Waals surface area contributed by atoms with Crippen LogP contribution in [0.15, 0.2) is 76.1 Å². The van der Waals surface area contributed by atoms with Gasteiger partial charge in [0.1, 0.15) is 12.6 Å². The second-order valence-electron chi connectivity index (χ2n) is 9.82. The van der Waals surface area contributed by atoms with Crippen molar-refractivity contribution >= 4 is 66.7 Å². The van der Waals surface area contributed by atoms with Crippen LogP contribution in [-0.4, -0.2) is 43.8 Å². The van der Waals surface area contributed by atoms with E-state index in [2.05, 4.69) is 21.2 Å². The molecule has 0 aliphatic carbocycles. The van der Waals surface area contributed by atoms with Crippen LogP contribution in [0.2, 0.25) is 10.0 Å². The summed E-state index contributed by atoms with van der Waals surface area (Å²) in [5, 5.41) is 3.63. The maximum Gasteiger partial charge on any atom is 0.264 e. The highest BCUT2D eigenvalue weighted by molar-refractivity contribution is 9.10. The normalized spacial score (nSPS) is 12.9. The Hall–Kier alpha value is -2.59. The molecular weight excluding hydrogens is 649 g/mol. The Kier molecular flexibility index (Phi) is 11.7. The zero-order chi connectivity index (χ0) is 30.3. The summed E-state index contributed by atoms with van der Waals surface area (Å²) in [5.74, 6) is -0.858. The van der Waals surface area contributed by atoms with Crippen molar-refractivity contribution in [2.75, 3.05) is 10.8 Å². The summed E-state index contributed by atoms with van der Waals surface area (Å²) in [6, 6.07) is 17.2. The largest absolute Gasteiger partial charge is 0.352 e. The first-order chi connectivity index (χ1) is 19.4. The Morgan fingerprint density at radius 2 is 1.63 bits per heavy atom. The molecule has 0 saturated carbocycles. The number of carbonyl (C=O) groups excluding carboxylic acids is 2. The first kappa shape index (κ1) is 32.9. The minimum Gasteiger partial charge on any atom is -0.352 e. The van der Waals surface area contributed by atoms with Gasteiger partial charge in [0.25, 0.3) is 10.0 Å². The van der Waals surface area contributed by atoms with E-state index in [1.54, 1.807) is 54.6 Å². The van der Waals surface area contributed by atoms with Crippen LogP contribution in [0.3, 0.4) is 0 Å². The molecule has 11 heteroatoms. The third kappa shape index (κ3) is 8.47. The van der Waals surface area contributed by atoms with Crippen molar-refractivity contribution in [1.82, 2.24) is 10.2 Å². The molecular formula is C30H34BrCl2N3O4S. The third-order valence-corrected chi connectivity index (χ3v) is 9.73. The van der Waals surface area contributed by atoms with Crippen LogP contribution < -0.4 is 9.62 Å². The number of nitrogens with one attached hydrogen (secondary N) is 1. The summed E-state index contributed by atoms with van der Waals surface area (Å²) < 4.78 is 29.6. The number of hydrogen-bond donors (Lipinski definition) is 1. The number of hydrogen-bond acceptors (Lipinski definition) is 4. The van der Waals surface area contributed by atoms with Gasteiger partial charge in [0.2, 0.25) is 11.8 Å². The van der Waals surface area contributed by atoms with Crippen LogP contribution in [0.25, 0.3) is 0 Å². The Bertz CT molecular complexity index is 1490.